The SMILES string of the molecule is CCC1(O)CN(C(=O)Cc2csc(N)n2)C1. The van der Waals surface area contributed by atoms with Gasteiger partial charge in [0.2, 0.25) is 5.91 Å². The molecule has 5 nitrogen and oxygen atoms in total. The van der Waals surface area contributed by atoms with Crippen LogP contribution in [0.3, 0.4) is 0 Å². The summed E-state index contributed by atoms with van der Waals surface area (Å²) in [4.78, 5) is 17.4. The molecule has 0 spiro atoms. The maximum absolute atomic E-state index is 11.7. The van der Waals surface area contributed by atoms with Crippen molar-refractivity contribution in [2.24, 2.45) is 0 Å². The number of β-amino-alcohol motifs (C(OH)–C–C–N with tert-alkyl or cyclic N) is 1. The lowest BCUT2D eigenvalue weighted by Crippen LogP contribution is -2.63. The van der Waals surface area contributed by atoms with Gasteiger partial charge >= 0.3 is 0 Å². The summed E-state index contributed by atoms with van der Waals surface area (Å²) >= 11 is 1.33. The molecule has 2 rings (SSSR count). The highest BCUT2D eigenvalue weighted by molar-refractivity contribution is 7.13. The van der Waals surface area contributed by atoms with Crippen LogP contribution in [0.2, 0.25) is 0 Å². The molecule has 0 saturated carbocycles. The average molecular weight is 241 g/mol. The molecule has 1 amide bonds. The number of hydrogen-bond donors (Lipinski definition) is 2. The number of nitrogens with zero attached hydrogens (tertiary/aromatic N) is 2. The Hall–Kier alpha value is -1.14. The standard InChI is InChI=1S/C10H15N3O2S/c1-2-10(15)5-13(6-10)8(14)3-7-4-16-9(11)12-7/h4,15H,2-3,5-6H2,1H3,(H2,11,12). The summed E-state index contributed by atoms with van der Waals surface area (Å²) in [6.45, 7) is 2.78. The number of nitrogen functional groups attached to an aromatic ring is 1. The van der Waals surface area contributed by atoms with Crippen molar-refractivity contribution in [3.05, 3.63) is 11.1 Å². The van der Waals surface area contributed by atoms with Crippen LogP contribution in [0, 0.1) is 0 Å². The molecular weight excluding hydrogens is 226 g/mol. The zero-order valence-electron chi connectivity index (χ0n) is 9.14. The molecule has 0 aromatic carbocycles. The van der Waals surface area contributed by atoms with Crippen molar-refractivity contribution in [2.45, 2.75) is 25.4 Å². The third-order valence-electron chi connectivity index (χ3n) is 2.88. The van der Waals surface area contributed by atoms with E-state index < -0.39 is 5.60 Å². The number of aromatic nitrogens is 1. The van der Waals surface area contributed by atoms with Gasteiger partial charge in [0.15, 0.2) is 5.13 Å². The number of aliphatic hydroxyl groups is 1. The van der Waals surface area contributed by atoms with E-state index in [9.17, 15) is 9.90 Å². The van der Waals surface area contributed by atoms with E-state index in [0.29, 0.717) is 30.3 Å². The molecule has 1 aromatic rings. The summed E-state index contributed by atoms with van der Waals surface area (Å²) in [5.74, 6) is 0.00317. The number of amides is 1. The van der Waals surface area contributed by atoms with Crippen LogP contribution >= 0.6 is 11.3 Å². The van der Waals surface area contributed by atoms with E-state index >= 15 is 0 Å². The summed E-state index contributed by atoms with van der Waals surface area (Å²) in [6.07, 6.45) is 0.952. The third-order valence-corrected chi connectivity index (χ3v) is 3.61. The van der Waals surface area contributed by atoms with E-state index in [1.807, 2.05) is 6.92 Å². The van der Waals surface area contributed by atoms with Crippen LogP contribution in [-0.2, 0) is 11.2 Å². The number of carbonyl (C=O) groups is 1. The Morgan fingerprint density at radius 3 is 2.94 bits per heavy atom. The van der Waals surface area contributed by atoms with E-state index in [2.05, 4.69) is 4.98 Å². The van der Waals surface area contributed by atoms with Crippen LogP contribution < -0.4 is 5.73 Å². The first-order valence-corrected chi connectivity index (χ1v) is 6.10. The fourth-order valence-corrected chi connectivity index (χ4v) is 2.30. The van der Waals surface area contributed by atoms with Crippen LogP contribution in [0.5, 0.6) is 0 Å². The summed E-state index contributed by atoms with van der Waals surface area (Å²) in [5.41, 5.74) is 5.52. The van der Waals surface area contributed by atoms with Gasteiger partial charge in [0.25, 0.3) is 0 Å². The maximum Gasteiger partial charge on any atom is 0.228 e. The van der Waals surface area contributed by atoms with Gasteiger partial charge in [0.05, 0.1) is 30.8 Å². The minimum absolute atomic E-state index is 0.00317. The monoisotopic (exact) mass is 241 g/mol. The lowest BCUT2D eigenvalue weighted by molar-refractivity contribution is -0.155. The third kappa shape index (κ3) is 2.17. The average Bonchev–Trinajstić information content (AvgIpc) is 2.59. The molecule has 1 fully saturated rings. The van der Waals surface area contributed by atoms with E-state index in [0.717, 1.165) is 0 Å². The fourth-order valence-electron chi connectivity index (χ4n) is 1.73. The second kappa shape index (κ2) is 4.03. The van der Waals surface area contributed by atoms with E-state index in [1.165, 1.54) is 11.3 Å². The summed E-state index contributed by atoms with van der Waals surface area (Å²) < 4.78 is 0. The first-order valence-electron chi connectivity index (χ1n) is 5.22. The first kappa shape index (κ1) is 11.3. The Kier molecular flexibility index (Phi) is 2.86. The lowest BCUT2D eigenvalue weighted by Gasteiger charge is -2.46. The molecular formula is C10H15N3O2S. The Morgan fingerprint density at radius 2 is 2.44 bits per heavy atom. The number of hydrogen-bond acceptors (Lipinski definition) is 5. The van der Waals surface area contributed by atoms with Crippen molar-refractivity contribution < 1.29 is 9.90 Å². The Labute approximate surface area is 97.9 Å². The molecule has 6 heteroatoms. The molecule has 16 heavy (non-hydrogen) atoms. The van der Waals surface area contributed by atoms with Crippen molar-refractivity contribution in [1.82, 2.24) is 9.88 Å². The van der Waals surface area contributed by atoms with E-state index in [1.54, 1.807) is 10.3 Å². The molecule has 3 N–H and O–H groups in total. The largest absolute Gasteiger partial charge is 0.386 e. The van der Waals surface area contributed by atoms with Crippen LogP contribution in [0.25, 0.3) is 0 Å². The molecule has 1 saturated heterocycles. The Bertz CT molecular complexity index is 399. The van der Waals surface area contributed by atoms with Gasteiger partial charge in [-0.15, -0.1) is 11.3 Å². The van der Waals surface area contributed by atoms with E-state index in [-0.39, 0.29) is 12.3 Å². The van der Waals surface area contributed by atoms with Crippen LogP contribution in [0.4, 0.5) is 5.13 Å². The smallest absolute Gasteiger partial charge is 0.228 e. The summed E-state index contributed by atoms with van der Waals surface area (Å²) in [7, 11) is 0. The Balaban J connectivity index is 1.87. The van der Waals surface area contributed by atoms with Gasteiger partial charge in [-0.3, -0.25) is 4.79 Å². The number of nitrogens with two attached hydrogens (primary N) is 1. The second-order valence-electron chi connectivity index (χ2n) is 4.18. The molecule has 0 atom stereocenters. The van der Waals surface area contributed by atoms with Crippen molar-refractivity contribution in [3.63, 3.8) is 0 Å². The minimum atomic E-state index is -0.670. The van der Waals surface area contributed by atoms with Gasteiger partial charge in [0.1, 0.15) is 0 Å². The van der Waals surface area contributed by atoms with Gasteiger partial charge in [-0.05, 0) is 6.42 Å². The highest BCUT2D eigenvalue weighted by Gasteiger charge is 2.41. The first-order chi connectivity index (χ1) is 7.52. The van der Waals surface area contributed by atoms with Crippen molar-refractivity contribution in [1.29, 1.82) is 0 Å². The number of thiazole rings is 1. The molecule has 1 aliphatic rings. The number of anilines is 1. The number of carbonyl (C=O) groups excluding carboxylic acids is 1. The van der Waals surface area contributed by atoms with Crippen molar-refractivity contribution >= 4 is 22.4 Å². The van der Waals surface area contributed by atoms with Crippen molar-refractivity contribution in [2.75, 3.05) is 18.8 Å². The van der Waals surface area contributed by atoms with Crippen LogP contribution in [0.15, 0.2) is 5.38 Å². The topological polar surface area (TPSA) is 79.5 Å². The molecule has 0 aliphatic carbocycles. The lowest BCUT2D eigenvalue weighted by atomic mass is 9.91. The quantitative estimate of drug-likeness (QED) is 0.795. The number of likely N-dealkylation sites (tertiary alicyclic amines) is 1. The predicted octanol–water partition coefficient (Wildman–Crippen LogP) is 0.251. The molecule has 88 valence electrons. The van der Waals surface area contributed by atoms with Gasteiger partial charge < -0.3 is 15.7 Å². The molecule has 0 unspecified atom stereocenters. The zero-order valence-corrected chi connectivity index (χ0v) is 9.96. The summed E-state index contributed by atoms with van der Waals surface area (Å²) in [5, 5.41) is 12.1. The highest BCUT2D eigenvalue weighted by atomic mass is 32.1. The normalized spacial score (nSPS) is 18.2. The van der Waals surface area contributed by atoms with Gasteiger partial charge in [-0.2, -0.15) is 0 Å². The van der Waals surface area contributed by atoms with E-state index in [4.69, 9.17) is 5.73 Å². The van der Waals surface area contributed by atoms with Gasteiger partial charge in [0, 0.05) is 5.38 Å². The van der Waals surface area contributed by atoms with Crippen LogP contribution in [-0.4, -0.2) is 39.6 Å². The van der Waals surface area contributed by atoms with Gasteiger partial charge in [-0.25, -0.2) is 4.98 Å². The summed E-state index contributed by atoms with van der Waals surface area (Å²) in [6, 6.07) is 0. The predicted molar refractivity (Wildman–Crippen MR) is 62.1 cm³/mol. The minimum Gasteiger partial charge on any atom is -0.386 e. The molecule has 0 bridgehead atoms. The Morgan fingerprint density at radius 1 is 1.75 bits per heavy atom. The number of rotatable bonds is 3. The zero-order chi connectivity index (χ0) is 11.8. The maximum atomic E-state index is 11.7. The molecule has 1 aromatic heterocycles. The van der Waals surface area contributed by atoms with Gasteiger partial charge in [-0.1, -0.05) is 6.92 Å². The molecule has 2 heterocycles. The molecule has 1 aliphatic heterocycles. The second-order valence-corrected chi connectivity index (χ2v) is 5.07. The van der Waals surface area contributed by atoms with Crippen LogP contribution in [0.1, 0.15) is 19.0 Å². The van der Waals surface area contributed by atoms with Crippen molar-refractivity contribution in [3.8, 4) is 0 Å². The highest BCUT2D eigenvalue weighted by Crippen LogP contribution is 2.24. The fraction of sp³-hybridized carbons (Fsp3) is 0.600. The molecule has 0 radical (unpaired) electrons.